The average Bonchev–Trinajstić information content (AvgIpc) is 3.85. The van der Waals surface area contributed by atoms with Crippen LogP contribution in [0.5, 0.6) is 5.75 Å². The molecule has 13 nitrogen and oxygen atoms in total. The van der Waals surface area contributed by atoms with E-state index in [0.717, 1.165) is 11.1 Å². The van der Waals surface area contributed by atoms with Gasteiger partial charge in [-0.15, -0.1) is 5.10 Å². The van der Waals surface area contributed by atoms with Crippen molar-refractivity contribution < 1.29 is 33.2 Å². The van der Waals surface area contributed by atoms with Gasteiger partial charge in [-0.1, -0.05) is 54.6 Å². The second-order valence-corrected chi connectivity index (χ2v) is 18.6. The van der Waals surface area contributed by atoms with Gasteiger partial charge in [0.1, 0.15) is 5.75 Å². The van der Waals surface area contributed by atoms with E-state index in [-0.39, 0.29) is 30.7 Å². The standard InChI is InChI=1S/C41H43FN6O7Si/c1-26-38(56(3,4)42)37(20-21-46-24-35(44-45-46)33(25-49)28-8-6-5-7-9-28)55-41(26)34-22-31(48(52)53)16-19-36(34)47(40(41)51)23-27-10-14-30(15-11-27)43-39(50)29-12-17-32(54-2)18-13-29/h5-19,22,24,26,33,37-38,49H,20-21,23,25H2,1-4H3,(H,43,50)/t26-,33?,37+,38-,41+/m0/s1. The molecule has 3 heterocycles. The number of fused-ring (bicyclic) bond motifs is 2. The maximum atomic E-state index is 16.5. The van der Waals surface area contributed by atoms with E-state index in [9.17, 15) is 24.8 Å². The summed E-state index contributed by atoms with van der Waals surface area (Å²) < 4.78 is 30.1. The van der Waals surface area contributed by atoms with E-state index in [1.807, 2.05) is 37.3 Å². The molecule has 2 amide bonds. The first-order valence-electron chi connectivity index (χ1n) is 18.4. The lowest BCUT2D eigenvalue weighted by Crippen LogP contribution is -2.45. The number of rotatable bonds is 13. The number of ether oxygens (including phenoxy) is 2. The molecule has 290 valence electrons. The van der Waals surface area contributed by atoms with Gasteiger partial charge in [0.25, 0.3) is 17.5 Å². The van der Waals surface area contributed by atoms with Crippen LogP contribution in [0.25, 0.3) is 0 Å². The van der Waals surface area contributed by atoms with E-state index < -0.39 is 42.4 Å². The number of nitrogens with one attached hydrogen (secondary N) is 1. The van der Waals surface area contributed by atoms with Crippen LogP contribution in [-0.2, 0) is 28.2 Å². The molecule has 2 aliphatic rings. The number of anilines is 2. The van der Waals surface area contributed by atoms with Crippen LogP contribution in [0, 0.1) is 16.0 Å². The lowest BCUT2D eigenvalue weighted by molar-refractivity contribution is -0.385. The number of nitro benzene ring substituents is 1. The summed E-state index contributed by atoms with van der Waals surface area (Å²) in [6.07, 6.45) is 1.35. The van der Waals surface area contributed by atoms with Crippen LogP contribution in [0.2, 0.25) is 18.6 Å². The van der Waals surface area contributed by atoms with Gasteiger partial charge < -0.3 is 28.9 Å². The SMILES string of the molecule is COc1ccc(C(=O)Nc2ccc(CN3C(=O)[C@]4(O[C@H](CCn5cc(C(CO)c6ccccc6)nn5)[C@@H]([Si](C)(C)F)[C@@H]4C)c4cc([N+](=O)[O-])ccc43)cc2)cc1. The summed E-state index contributed by atoms with van der Waals surface area (Å²) in [5.74, 6) is -1.10. The zero-order chi connectivity index (χ0) is 39.8. The molecule has 4 aromatic carbocycles. The molecule has 56 heavy (non-hydrogen) atoms. The van der Waals surface area contributed by atoms with E-state index in [2.05, 4.69) is 15.6 Å². The number of aryl methyl sites for hydroxylation is 1. The number of amides is 2. The summed E-state index contributed by atoms with van der Waals surface area (Å²) in [7, 11) is -1.97. The van der Waals surface area contributed by atoms with Crippen LogP contribution in [0.15, 0.2) is 103 Å². The highest BCUT2D eigenvalue weighted by Gasteiger charge is 2.66. The van der Waals surface area contributed by atoms with Gasteiger partial charge in [-0.3, -0.25) is 24.4 Å². The molecule has 0 saturated carbocycles. The predicted octanol–water partition coefficient (Wildman–Crippen LogP) is 6.98. The Labute approximate surface area is 324 Å². The number of hydrogen-bond acceptors (Lipinski definition) is 9. The first-order chi connectivity index (χ1) is 26.8. The van der Waals surface area contributed by atoms with Crippen LogP contribution in [0.3, 0.4) is 0 Å². The number of non-ortho nitro benzene ring substituents is 1. The molecule has 5 atom stereocenters. The van der Waals surface area contributed by atoms with Gasteiger partial charge in [0.05, 0.1) is 48.6 Å². The zero-order valence-corrected chi connectivity index (χ0v) is 32.5. The Morgan fingerprint density at radius 1 is 1.09 bits per heavy atom. The highest BCUT2D eigenvalue weighted by atomic mass is 28.4. The highest BCUT2D eigenvalue weighted by molar-refractivity contribution is 6.72. The minimum absolute atomic E-state index is 0.106. The fourth-order valence-electron chi connectivity index (χ4n) is 8.29. The first-order valence-corrected chi connectivity index (χ1v) is 21.4. The molecule has 1 saturated heterocycles. The fourth-order valence-corrected chi connectivity index (χ4v) is 10.8. The first kappa shape index (κ1) is 38.5. The van der Waals surface area contributed by atoms with E-state index in [1.54, 1.807) is 90.6 Å². The number of carbonyl (C=O) groups excluding carboxylic acids is 2. The Morgan fingerprint density at radius 3 is 2.45 bits per heavy atom. The normalized spacial score (nSPS) is 20.9. The predicted molar refractivity (Wildman–Crippen MR) is 210 cm³/mol. The number of aliphatic hydroxyl groups excluding tert-OH is 1. The molecule has 1 unspecified atom stereocenters. The van der Waals surface area contributed by atoms with Crippen molar-refractivity contribution in [3.8, 4) is 5.75 Å². The molecule has 2 aliphatic heterocycles. The average molecular weight is 779 g/mol. The smallest absolute Gasteiger partial charge is 0.269 e. The second-order valence-electron chi connectivity index (χ2n) is 14.8. The van der Waals surface area contributed by atoms with Gasteiger partial charge in [-0.25, -0.2) is 0 Å². The van der Waals surface area contributed by atoms with E-state index in [1.165, 1.54) is 12.1 Å². The van der Waals surface area contributed by atoms with Gasteiger partial charge in [0.2, 0.25) is 8.41 Å². The van der Waals surface area contributed by atoms with Crippen LogP contribution >= 0.6 is 0 Å². The van der Waals surface area contributed by atoms with Crippen molar-refractivity contribution in [3.63, 3.8) is 0 Å². The van der Waals surface area contributed by atoms with Gasteiger partial charge in [-0.05, 0) is 73.1 Å². The molecule has 1 aromatic heterocycles. The Hall–Kier alpha value is -5.77. The third-order valence-corrected chi connectivity index (χ3v) is 13.5. The minimum atomic E-state index is -3.53. The Balaban J connectivity index is 1.14. The molecular formula is C41H43FN6O7Si. The van der Waals surface area contributed by atoms with Crippen molar-refractivity contribution >= 4 is 37.3 Å². The molecule has 15 heteroatoms. The van der Waals surface area contributed by atoms with Gasteiger partial charge >= 0.3 is 0 Å². The van der Waals surface area contributed by atoms with Crippen LogP contribution in [-0.4, -0.2) is 65.1 Å². The van der Waals surface area contributed by atoms with Crippen molar-refractivity contribution in [3.05, 3.63) is 141 Å². The zero-order valence-electron chi connectivity index (χ0n) is 31.5. The fraction of sp³-hybridized carbons (Fsp3) is 0.317. The molecule has 1 fully saturated rings. The van der Waals surface area contributed by atoms with Crippen molar-refractivity contribution in [2.45, 2.75) is 62.7 Å². The molecule has 1 spiro atoms. The van der Waals surface area contributed by atoms with Crippen molar-refractivity contribution in [2.75, 3.05) is 23.9 Å². The third kappa shape index (κ3) is 7.20. The summed E-state index contributed by atoms with van der Waals surface area (Å²) in [5.41, 5.74) is 1.53. The molecule has 0 aliphatic carbocycles. The van der Waals surface area contributed by atoms with Crippen molar-refractivity contribution in [2.24, 2.45) is 5.92 Å². The lowest BCUT2D eigenvalue weighted by atomic mass is 9.82. The third-order valence-electron chi connectivity index (χ3n) is 11.0. The maximum Gasteiger partial charge on any atom is 0.269 e. The summed E-state index contributed by atoms with van der Waals surface area (Å²) in [6, 6.07) is 27.6. The number of carbonyl (C=O) groups is 2. The number of methoxy groups -OCH3 is 1. The number of nitro groups is 1. The summed E-state index contributed by atoms with van der Waals surface area (Å²) in [5, 5.41) is 33.7. The molecule has 2 N–H and O–H groups in total. The number of benzene rings is 4. The number of aliphatic hydroxyl groups is 1. The van der Waals surface area contributed by atoms with E-state index in [4.69, 9.17) is 9.47 Å². The molecule has 7 rings (SSSR count). The van der Waals surface area contributed by atoms with Gasteiger partial charge in [0, 0.05) is 53.1 Å². The molecule has 5 aromatic rings. The van der Waals surface area contributed by atoms with E-state index >= 15 is 4.11 Å². The Morgan fingerprint density at radius 2 is 1.80 bits per heavy atom. The minimum Gasteiger partial charge on any atom is -0.497 e. The summed E-state index contributed by atoms with van der Waals surface area (Å²) >= 11 is 0. The van der Waals surface area contributed by atoms with Crippen LogP contribution in [0.1, 0.15) is 52.0 Å². The Kier molecular flexibility index (Phi) is 10.6. The number of aromatic nitrogens is 3. The van der Waals surface area contributed by atoms with Gasteiger partial charge in [0.15, 0.2) is 5.60 Å². The number of hydrogen-bond donors (Lipinski definition) is 2. The van der Waals surface area contributed by atoms with Gasteiger partial charge in [-0.2, -0.15) is 0 Å². The highest BCUT2D eigenvalue weighted by Crippen LogP contribution is 2.60. The summed E-state index contributed by atoms with van der Waals surface area (Å²) in [6.45, 7) is 5.26. The summed E-state index contributed by atoms with van der Waals surface area (Å²) in [4.78, 5) is 40.7. The van der Waals surface area contributed by atoms with Crippen LogP contribution < -0.4 is 15.0 Å². The lowest BCUT2D eigenvalue weighted by Gasteiger charge is -2.31. The Bertz CT molecular complexity index is 2230. The maximum absolute atomic E-state index is 16.5. The number of halogens is 1. The molecular weight excluding hydrogens is 736 g/mol. The van der Waals surface area contributed by atoms with Crippen LogP contribution in [0.4, 0.5) is 21.2 Å². The number of nitrogens with zero attached hydrogens (tertiary/aromatic N) is 5. The monoisotopic (exact) mass is 778 g/mol. The van der Waals surface area contributed by atoms with Crippen molar-refractivity contribution in [1.82, 2.24) is 15.0 Å². The van der Waals surface area contributed by atoms with E-state index in [0.29, 0.717) is 46.9 Å². The quantitative estimate of drug-likeness (QED) is 0.0556. The second kappa shape index (κ2) is 15.4. The largest absolute Gasteiger partial charge is 0.497 e. The molecule has 0 radical (unpaired) electrons. The topological polar surface area (TPSA) is 162 Å². The molecule has 0 bridgehead atoms. The van der Waals surface area contributed by atoms with Crippen molar-refractivity contribution in [1.29, 1.82) is 0 Å².